The number of carbonyl (C=O) groups excluding carboxylic acids is 1. The molecule has 122 valence electrons. The van der Waals surface area contributed by atoms with Crippen LogP contribution in [0.25, 0.3) is 10.9 Å². The van der Waals surface area contributed by atoms with Gasteiger partial charge in [-0.3, -0.25) is 4.79 Å². The molecule has 3 aromatic rings. The molecule has 3 rings (SSSR count). The van der Waals surface area contributed by atoms with Gasteiger partial charge in [-0.1, -0.05) is 27.6 Å². The molecule has 0 saturated carbocycles. The first kappa shape index (κ1) is 16.4. The van der Waals surface area contributed by atoms with Crippen molar-refractivity contribution >= 4 is 38.6 Å². The summed E-state index contributed by atoms with van der Waals surface area (Å²) in [7, 11) is 0. The molecular weight excluding hydrogens is 368 g/mol. The SMILES string of the molecule is Cc1ccc2ncnc(NCCNC(=O)c3ccc(Br)cc3)c2c1. The highest BCUT2D eigenvalue weighted by molar-refractivity contribution is 9.10. The molecular formula is C18H17BrN4O. The summed E-state index contributed by atoms with van der Waals surface area (Å²) in [5, 5.41) is 7.13. The van der Waals surface area contributed by atoms with Crippen LogP contribution >= 0.6 is 15.9 Å². The van der Waals surface area contributed by atoms with Gasteiger partial charge in [-0.2, -0.15) is 0 Å². The fraction of sp³-hybridized carbons (Fsp3) is 0.167. The summed E-state index contributed by atoms with van der Waals surface area (Å²) in [6.07, 6.45) is 1.54. The zero-order valence-electron chi connectivity index (χ0n) is 13.2. The fourth-order valence-electron chi connectivity index (χ4n) is 2.37. The quantitative estimate of drug-likeness (QED) is 0.660. The lowest BCUT2D eigenvalue weighted by atomic mass is 10.1. The zero-order valence-corrected chi connectivity index (χ0v) is 14.8. The summed E-state index contributed by atoms with van der Waals surface area (Å²) >= 11 is 3.36. The molecule has 1 aromatic heterocycles. The van der Waals surface area contributed by atoms with Gasteiger partial charge in [-0.15, -0.1) is 0 Å². The van der Waals surface area contributed by atoms with Gasteiger partial charge in [-0.05, 0) is 43.3 Å². The van der Waals surface area contributed by atoms with Crippen LogP contribution in [0.1, 0.15) is 15.9 Å². The topological polar surface area (TPSA) is 66.9 Å². The molecule has 2 aromatic carbocycles. The third kappa shape index (κ3) is 3.89. The van der Waals surface area contributed by atoms with Crippen LogP contribution in [0.2, 0.25) is 0 Å². The van der Waals surface area contributed by atoms with E-state index in [2.05, 4.69) is 42.6 Å². The highest BCUT2D eigenvalue weighted by Crippen LogP contribution is 2.19. The number of benzene rings is 2. The number of nitrogens with one attached hydrogen (secondary N) is 2. The van der Waals surface area contributed by atoms with Crippen LogP contribution in [0.4, 0.5) is 5.82 Å². The average molecular weight is 385 g/mol. The lowest BCUT2D eigenvalue weighted by molar-refractivity contribution is 0.0955. The molecule has 0 aliphatic heterocycles. The lowest BCUT2D eigenvalue weighted by Crippen LogP contribution is -2.28. The molecule has 0 aliphatic carbocycles. The van der Waals surface area contributed by atoms with Crippen molar-refractivity contribution in [3.8, 4) is 0 Å². The Hall–Kier alpha value is -2.47. The zero-order chi connectivity index (χ0) is 16.9. The number of nitrogens with zero attached hydrogens (tertiary/aromatic N) is 2. The van der Waals surface area contributed by atoms with Crippen molar-refractivity contribution in [2.45, 2.75) is 6.92 Å². The minimum atomic E-state index is -0.0901. The second-order valence-corrected chi connectivity index (χ2v) is 6.35. The van der Waals surface area contributed by atoms with Crippen molar-refractivity contribution in [3.63, 3.8) is 0 Å². The molecule has 0 spiro atoms. The smallest absolute Gasteiger partial charge is 0.251 e. The maximum Gasteiger partial charge on any atom is 0.251 e. The Morgan fingerprint density at radius 1 is 1.08 bits per heavy atom. The van der Waals surface area contributed by atoms with Crippen molar-refractivity contribution in [1.29, 1.82) is 0 Å². The van der Waals surface area contributed by atoms with E-state index in [0.29, 0.717) is 18.7 Å². The van der Waals surface area contributed by atoms with Crippen LogP contribution in [-0.4, -0.2) is 29.0 Å². The van der Waals surface area contributed by atoms with E-state index in [0.717, 1.165) is 26.8 Å². The van der Waals surface area contributed by atoms with E-state index in [-0.39, 0.29) is 5.91 Å². The maximum atomic E-state index is 12.0. The van der Waals surface area contributed by atoms with Crippen molar-refractivity contribution in [3.05, 3.63) is 64.4 Å². The summed E-state index contributed by atoms with van der Waals surface area (Å²) in [5.74, 6) is 0.689. The largest absolute Gasteiger partial charge is 0.368 e. The third-order valence-electron chi connectivity index (χ3n) is 3.60. The van der Waals surface area contributed by atoms with Crippen LogP contribution in [0.5, 0.6) is 0 Å². The van der Waals surface area contributed by atoms with Gasteiger partial charge >= 0.3 is 0 Å². The number of halogens is 1. The van der Waals surface area contributed by atoms with Gasteiger partial charge < -0.3 is 10.6 Å². The summed E-state index contributed by atoms with van der Waals surface area (Å²) in [6.45, 7) is 3.13. The van der Waals surface area contributed by atoms with Gasteiger partial charge in [0.2, 0.25) is 0 Å². The Kier molecular flexibility index (Phi) is 5.05. The van der Waals surface area contributed by atoms with Crippen LogP contribution in [0.3, 0.4) is 0 Å². The normalized spacial score (nSPS) is 10.6. The van der Waals surface area contributed by atoms with Gasteiger partial charge in [0.15, 0.2) is 0 Å². The van der Waals surface area contributed by atoms with Crippen LogP contribution in [0.15, 0.2) is 53.3 Å². The average Bonchev–Trinajstić information content (AvgIpc) is 2.59. The molecule has 0 aliphatic rings. The van der Waals surface area contributed by atoms with Crippen molar-refractivity contribution in [1.82, 2.24) is 15.3 Å². The number of hydrogen-bond acceptors (Lipinski definition) is 4. The molecule has 0 bridgehead atoms. The van der Waals surface area contributed by atoms with Crippen molar-refractivity contribution in [2.24, 2.45) is 0 Å². The summed E-state index contributed by atoms with van der Waals surface area (Å²) in [5.41, 5.74) is 2.70. The number of fused-ring (bicyclic) bond motifs is 1. The standard InChI is InChI=1S/C18H17BrN4O/c1-12-2-7-16-15(10-12)17(23-11-22-16)20-8-9-21-18(24)13-3-5-14(19)6-4-13/h2-7,10-11H,8-9H2,1H3,(H,21,24)(H,20,22,23). The van der Waals surface area contributed by atoms with Gasteiger partial charge in [0, 0.05) is 28.5 Å². The predicted octanol–water partition coefficient (Wildman–Crippen LogP) is 3.54. The molecule has 2 N–H and O–H groups in total. The number of rotatable bonds is 5. The van der Waals surface area contributed by atoms with Gasteiger partial charge in [-0.25, -0.2) is 9.97 Å². The molecule has 0 radical (unpaired) electrons. The monoisotopic (exact) mass is 384 g/mol. The van der Waals surface area contributed by atoms with Gasteiger partial charge in [0.05, 0.1) is 5.52 Å². The molecule has 0 atom stereocenters. The summed E-state index contributed by atoms with van der Waals surface area (Å²) in [4.78, 5) is 20.6. The maximum absolute atomic E-state index is 12.0. The van der Waals surface area contributed by atoms with Crippen LogP contribution in [-0.2, 0) is 0 Å². The third-order valence-corrected chi connectivity index (χ3v) is 4.13. The van der Waals surface area contributed by atoms with E-state index in [1.807, 2.05) is 31.2 Å². The van der Waals surface area contributed by atoms with E-state index in [1.54, 1.807) is 18.5 Å². The summed E-state index contributed by atoms with van der Waals surface area (Å²) < 4.78 is 0.951. The molecule has 0 unspecified atom stereocenters. The minimum absolute atomic E-state index is 0.0901. The highest BCUT2D eigenvalue weighted by atomic mass is 79.9. The van der Waals surface area contributed by atoms with Crippen molar-refractivity contribution < 1.29 is 4.79 Å². The molecule has 24 heavy (non-hydrogen) atoms. The summed E-state index contributed by atoms with van der Waals surface area (Å²) in [6, 6.07) is 13.3. The molecule has 1 amide bonds. The van der Waals surface area contributed by atoms with E-state index in [1.165, 1.54) is 0 Å². The highest BCUT2D eigenvalue weighted by Gasteiger charge is 2.06. The number of hydrogen-bond donors (Lipinski definition) is 2. The Morgan fingerprint density at radius 2 is 1.88 bits per heavy atom. The first-order chi connectivity index (χ1) is 11.6. The van der Waals surface area contributed by atoms with Crippen LogP contribution < -0.4 is 10.6 Å². The molecule has 6 heteroatoms. The second-order valence-electron chi connectivity index (χ2n) is 5.43. The van der Waals surface area contributed by atoms with E-state index < -0.39 is 0 Å². The number of anilines is 1. The fourth-order valence-corrected chi connectivity index (χ4v) is 2.64. The van der Waals surface area contributed by atoms with E-state index in [4.69, 9.17) is 0 Å². The minimum Gasteiger partial charge on any atom is -0.368 e. The van der Waals surface area contributed by atoms with Crippen LogP contribution in [0, 0.1) is 6.92 Å². The van der Waals surface area contributed by atoms with Gasteiger partial charge in [0.25, 0.3) is 5.91 Å². The Balaban J connectivity index is 1.58. The van der Waals surface area contributed by atoms with Gasteiger partial charge in [0.1, 0.15) is 12.1 Å². The number of aromatic nitrogens is 2. The Labute approximate surface area is 148 Å². The number of carbonyl (C=O) groups is 1. The molecule has 0 saturated heterocycles. The second kappa shape index (κ2) is 7.40. The van der Waals surface area contributed by atoms with E-state index >= 15 is 0 Å². The number of aryl methyl sites for hydroxylation is 1. The first-order valence-electron chi connectivity index (χ1n) is 7.62. The number of amides is 1. The molecule has 1 heterocycles. The Bertz CT molecular complexity index is 865. The van der Waals surface area contributed by atoms with Crippen molar-refractivity contribution in [2.75, 3.05) is 18.4 Å². The predicted molar refractivity (Wildman–Crippen MR) is 99.2 cm³/mol. The molecule has 5 nitrogen and oxygen atoms in total. The Morgan fingerprint density at radius 3 is 2.67 bits per heavy atom. The molecule has 0 fully saturated rings. The first-order valence-corrected chi connectivity index (χ1v) is 8.42. The van der Waals surface area contributed by atoms with E-state index in [9.17, 15) is 4.79 Å². The lowest BCUT2D eigenvalue weighted by Gasteiger charge is -2.10.